The summed E-state index contributed by atoms with van der Waals surface area (Å²) in [7, 11) is 0. The first kappa shape index (κ1) is 10.7. The van der Waals surface area contributed by atoms with Crippen molar-refractivity contribution in [2.75, 3.05) is 0 Å². The van der Waals surface area contributed by atoms with E-state index in [4.69, 9.17) is 4.42 Å². The van der Waals surface area contributed by atoms with Crippen LogP contribution < -0.4 is 5.43 Å². The Morgan fingerprint density at radius 1 is 1.44 bits per heavy atom. The fraction of sp³-hybridized carbons (Fsp3) is 0.250. The zero-order valence-electron chi connectivity index (χ0n) is 8.74. The molecular formula is C12H11FO3. The van der Waals surface area contributed by atoms with Crippen LogP contribution in [0.4, 0.5) is 4.39 Å². The summed E-state index contributed by atoms with van der Waals surface area (Å²) in [6.07, 6.45) is -1.05. The maximum absolute atomic E-state index is 13.4. The van der Waals surface area contributed by atoms with E-state index in [9.17, 15) is 14.3 Å². The van der Waals surface area contributed by atoms with Gasteiger partial charge < -0.3 is 9.52 Å². The summed E-state index contributed by atoms with van der Waals surface area (Å²) in [6.45, 7) is 1.66. The number of fused-ring (bicyclic) bond motifs is 1. The number of phenolic OH excluding ortho intramolecular Hbond substituents is 1. The van der Waals surface area contributed by atoms with Gasteiger partial charge in [0.05, 0.1) is 5.39 Å². The number of hydrogen-bond donors (Lipinski definition) is 1. The van der Waals surface area contributed by atoms with E-state index in [2.05, 4.69) is 0 Å². The van der Waals surface area contributed by atoms with Gasteiger partial charge in [0.15, 0.2) is 11.6 Å². The second-order valence-electron chi connectivity index (χ2n) is 3.57. The standard InChI is InChI=1S/C12H11FO3/c1-2-9(13)12-6-10(15)8-4-3-7(14)5-11(8)16-12/h3-6,9,14H,2H2,1H3. The van der Waals surface area contributed by atoms with E-state index in [0.717, 1.165) is 6.07 Å². The molecule has 0 aliphatic rings. The molecule has 2 rings (SSSR count). The highest BCUT2D eigenvalue weighted by Crippen LogP contribution is 2.24. The Hall–Kier alpha value is -1.84. The Morgan fingerprint density at radius 3 is 2.88 bits per heavy atom. The molecule has 0 aliphatic carbocycles. The summed E-state index contributed by atoms with van der Waals surface area (Å²) >= 11 is 0. The van der Waals surface area contributed by atoms with Crippen molar-refractivity contribution in [1.82, 2.24) is 0 Å². The van der Waals surface area contributed by atoms with Gasteiger partial charge in [-0.05, 0) is 18.6 Å². The minimum Gasteiger partial charge on any atom is -0.508 e. The normalized spacial score (nSPS) is 12.9. The first-order valence-corrected chi connectivity index (χ1v) is 5.02. The van der Waals surface area contributed by atoms with E-state index >= 15 is 0 Å². The molecule has 0 bridgehead atoms. The van der Waals surface area contributed by atoms with Crippen molar-refractivity contribution in [1.29, 1.82) is 0 Å². The molecule has 1 atom stereocenters. The molecule has 0 amide bonds. The van der Waals surface area contributed by atoms with Crippen molar-refractivity contribution >= 4 is 11.0 Å². The predicted octanol–water partition coefficient (Wildman–Crippen LogP) is 2.92. The first-order valence-electron chi connectivity index (χ1n) is 5.02. The van der Waals surface area contributed by atoms with Crippen LogP contribution in [-0.4, -0.2) is 5.11 Å². The molecule has 0 spiro atoms. The smallest absolute Gasteiger partial charge is 0.193 e. The maximum atomic E-state index is 13.4. The highest BCUT2D eigenvalue weighted by Gasteiger charge is 2.13. The zero-order chi connectivity index (χ0) is 11.7. The molecule has 0 radical (unpaired) electrons. The minimum absolute atomic E-state index is 0.00519. The van der Waals surface area contributed by atoms with Gasteiger partial charge in [-0.3, -0.25) is 4.79 Å². The number of hydrogen-bond acceptors (Lipinski definition) is 3. The van der Waals surface area contributed by atoms with Crippen LogP contribution in [0, 0.1) is 0 Å². The Labute approximate surface area is 91.1 Å². The molecule has 2 aromatic rings. The van der Waals surface area contributed by atoms with Gasteiger partial charge in [0.1, 0.15) is 17.1 Å². The lowest BCUT2D eigenvalue weighted by Gasteiger charge is -2.05. The molecule has 1 heterocycles. The third-order valence-electron chi connectivity index (χ3n) is 2.40. The Morgan fingerprint density at radius 2 is 2.19 bits per heavy atom. The van der Waals surface area contributed by atoms with Crippen LogP contribution in [0.5, 0.6) is 5.75 Å². The third kappa shape index (κ3) is 1.78. The van der Waals surface area contributed by atoms with Gasteiger partial charge in [0, 0.05) is 12.1 Å². The average molecular weight is 222 g/mol. The Balaban J connectivity index is 2.70. The summed E-state index contributed by atoms with van der Waals surface area (Å²) < 4.78 is 18.6. The molecule has 0 saturated heterocycles. The topological polar surface area (TPSA) is 50.4 Å². The number of halogens is 1. The molecule has 0 saturated carbocycles. The van der Waals surface area contributed by atoms with E-state index in [-0.39, 0.29) is 28.9 Å². The maximum Gasteiger partial charge on any atom is 0.193 e. The van der Waals surface area contributed by atoms with Gasteiger partial charge in [-0.1, -0.05) is 6.92 Å². The SMILES string of the molecule is CCC(F)c1cc(=O)c2ccc(O)cc2o1. The van der Waals surface area contributed by atoms with Gasteiger partial charge in [0.2, 0.25) is 0 Å². The quantitative estimate of drug-likeness (QED) is 0.849. The highest BCUT2D eigenvalue weighted by atomic mass is 19.1. The van der Waals surface area contributed by atoms with Crippen LogP contribution in [0.2, 0.25) is 0 Å². The van der Waals surface area contributed by atoms with Crippen LogP contribution >= 0.6 is 0 Å². The molecule has 1 N–H and O–H groups in total. The van der Waals surface area contributed by atoms with Crippen LogP contribution in [0.15, 0.2) is 33.5 Å². The summed E-state index contributed by atoms with van der Waals surface area (Å²) in [4.78, 5) is 11.6. The molecule has 16 heavy (non-hydrogen) atoms. The van der Waals surface area contributed by atoms with E-state index in [1.165, 1.54) is 18.2 Å². The van der Waals surface area contributed by atoms with Crippen molar-refractivity contribution in [3.05, 3.63) is 40.2 Å². The molecular weight excluding hydrogens is 211 g/mol. The fourth-order valence-electron chi connectivity index (χ4n) is 1.52. The third-order valence-corrected chi connectivity index (χ3v) is 2.40. The van der Waals surface area contributed by atoms with E-state index in [1.807, 2.05) is 0 Å². The van der Waals surface area contributed by atoms with Crippen LogP contribution in [0.25, 0.3) is 11.0 Å². The van der Waals surface area contributed by atoms with Crippen LogP contribution in [-0.2, 0) is 0 Å². The fourth-order valence-corrected chi connectivity index (χ4v) is 1.52. The molecule has 84 valence electrons. The van der Waals surface area contributed by atoms with Crippen LogP contribution in [0.3, 0.4) is 0 Å². The van der Waals surface area contributed by atoms with E-state index in [1.54, 1.807) is 6.92 Å². The summed E-state index contributed by atoms with van der Waals surface area (Å²) in [5.41, 5.74) is -0.0917. The van der Waals surface area contributed by atoms with Gasteiger partial charge in [-0.15, -0.1) is 0 Å². The molecule has 0 aliphatic heterocycles. The lowest BCUT2D eigenvalue weighted by molar-refractivity contribution is 0.282. The van der Waals surface area contributed by atoms with Gasteiger partial charge in [-0.25, -0.2) is 4.39 Å². The monoisotopic (exact) mass is 222 g/mol. The number of benzene rings is 1. The summed E-state index contributed by atoms with van der Waals surface area (Å²) in [6, 6.07) is 5.32. The molecule has 1 unspecified atom stereocenters. The van der Waals surface area contributed by atoms with Crippen molar-refractivity contribution in [2.24, 2.45) is 0 Å². The van der Waals surface area contributed by atoms with Crippen molar-refractivity contribution in [3.8, 4) is 5.75 Å². The minimum atomic E-state index is -1.29. The van der Waals surface area contributed by atoms with Crippen molar-refractivity contribution in [2.45, 2.75) is 19.5 Å². The van der Waals surface area contributed by atoms with Crippen LogP contribution in [0.1, 0.15) is 25.3 Å². The number of rotatable bonds is 2. The summed E-state index contributed by atoms with van der Waals surface area (Å²) in [5.74, 6) is -0.00898. The van der Waals surface area contributed by atoms with Crippen molar-refractivity contribution < 1.29 is 13.9 Å². The van der Waals surface area contributed by atoms with Gasteiger partial charge >= 0.3 is 0 Å². The Bertz CT molecular complexity index is 574. The lowest BCUT2D eigenvalue weighted by atomic mass is 10.1. The lowest BCUT2D eigenvalue weighted by Crippen LogP contribution is -2.03. The van der Waals surface area contributed by atoms with E-state index < -0.39 is 6.17 Å². The average Bonchev–Trinajstić information content (AvgIpc) is 2.27. The van der Waals surface area contributed by atoms with Crippen molar-refractivity contribution in [3.63, 3.8) is 0 Å². The second-order valence-corrected chi connectivity index (χ2v) is 3.57. The first-order chi connectivity index (χ1) is 7.61. The molecule has 0 fully saturated rings. The summed E-state index contributed by atoms with van der Waals surface area (Å²) in [5, 5.41) is 9.59. The molecule has 1 aromatic heterocycles. The second kappa shape index (κ2) is 3.96. The molecule has 3 nitrogen and oxygen atoms in total. The zero-order valence-corrected chi connectivity index (χ0v) is 8.74. The van der Waals surface area contributed by atoms with Gasteiger partial charge in [0.25, 0.3) is 0 Å². The largest absolute Gasteiger partial charge is 0.508 e. The Kier molecular flexibility index (Phi) is 2.64. The molecule has 1 aromatic carbocycles. The predicted molar refractivity (Wildman–Crippen MR) is 58.3 cm³/mol. The number of phenols is 1. The molecule has 4 heteroatoms. The van der Waals surface area contributed by atoms with Gasteiger partial charge in [-0.2, -0.15) is 0 Å². The number of aromatic hydroxyl groups is 1. The number of alkyl halides is 1. The highest BCUT2D eigenvalue weighted by molar-refractivity contribution is 5.77. The van der Waals surface area contributed by atoms with E-state index in [0.29, 0.717) is 5.39 Å².